The first-order valence-electron chi connectivity index (χ1n) is 14.3. The van der Waals surface area contributed by atoms with Crippen LogP contribution in [0.3, 0.4) is 0 Å². The minimum Gasteiger partial charge on any atom is -0.756 e. The van der Waals surface area contributed by atoms with Gasteiger partial charge in [-0.3, -0.25) is 4.57 Å². The van der Waals surface area contributed by atoms with Gasteiger partial charge in [-0.05, 0) is 11.6 Å². The van der Waals surface area contributed by atoms with Crippen LogP contribution >= 0.6 is 7.82 Å². The number of ether oxygens (including phenoxy) is 2. The summed E-state index contributed by atoms with van der Waals surface area (Å²) in [4.78, 5) is 12.1. The number of hydrogen-bond donors (Lipinski definition) is 0. The first-order chi connectivity index (χ1) is 17.7. The summed E-state index contributed by atoms with van der Waals surface area (Å²) in [5, 5.41) is 3.71. The minimum atomic E-state index is -4.44. The molecule has 0 bridgehead atoms. The zero-order chi connectivity index (χ0) is 27.2. The van der Waals surface area contributed by atoms with Crippen LogP contribution in [0.25, 0.3) is 0 Å². The van der Waals surface area contributed by atoms with Crippen molar-refractivity contribution in [2.24, 2.45) is 0 Å². The van der Waals surface area contributed by atoms with E-state index < -0.39 is 13.9 Å². The normalized spacial score (nSPS) is 14.5. The van der Waals surface area contributed by atoms with E-state index in [4.69, 9.17) is 23.0 Å². The van der Waals surface area contributed by atoms with E-state index in [-0.39, 0.29) is 25.7 Å². The van der Waals surface area contributed by atoms with Gasteiger partial charge in [0.25, 0.3) is 13.7 Å². The molecule has 10 heteroatoms. The summed E-state index contributed by atoms with van der Waals surface area (Å²) in [6.07, 6.45) is 19.0. The summed E-state index contributed by atoms with van der Waals surface area (Å²) in [6, 6.07) is 1.55. The predicted octanol–water partition coefficient (Wildman–Crippen LogP) is 6.13. The number of phosphoric acid groups is 1. The van der Waals surface area contributed by atoms with Crippen molar-refractivity contribution in [2.45, 2.75) is 103 Å². The Bertz CT molecular complexity index is 683. The Kier molecular flexibility index (Phi) is 19.3. The fourth-order valence-electron chi connectivity index (χ4n) is 3.80. The van der Waals surface area contributed by atoms with Gasteiger partial charge in [0.15, 0.2) is 0 Å². The van der Waals surface area contributed by atoms with E-state index in [2.05, 4.69) is 12.1 Å². The molecule has 0 fully saturated rings. The van der Waals surface area contributed by atoms with Crippen LogP contribution < -0.4 is 9.63 Å². The fourth-order valence-corrected chi connectivity index (χ4v) is 4.53. The lowest BCUT2D eigenvalue weighted by atomic mass is 10.0. The maximum atomic E-state index is 12.1. The molecule has 0 aliphatic carbocycles. The second-order valence-electron chi connectivity index (χ2n) is 10.8. The van der Waals surface area contributed by atoms with Gasteiger partial charge in [-0.1, -0.05) is 90.4 Å². The summed E-state index contributed by atoms with van der Waals surface area (Å²) in [5.74, 6) is 0.250. The maximum absolute atomic E-state index is 12.1. The van der Waals surface area contributed by atoms with Gasteiger partial charge in [0.2, 0.25) is 0 Å². The summed E-state index contributed by atoms with van der Waals surface area (Å²) in [5.41, 5.74) is 0. The molecular weight excluding hydrogens is 495 g/mol. The number of quaternary nitrogens is 1. The first-order valence-corrected chi connectivity index (χ1v) is 15.7. The Morgan fingerprint density at radius 2 is 1.43 bits per heavy atom. The van der Waals surface area contributed by atoms with E-state index >= 15 is 0 Å². The van der Waals surface area contributed by atoms with Gasteiger partial charge in [-0.25, -0.2) is 0 Å². The Balaban J connectivity index is 2.12. The lowest BCUT2D eigenvalue weighted by Gasteiger charge is -2.28. The summed E-state index contributed by atoms with van der Waals surface area (Å²) in [6.45, 7) is 3.40. The fraction of sp³-hybridized carbons (Fsp3) is 0.889. The molecule has 0 N–H and O–H groups in total. The van der Waals surface area contributed by atoms with Crippen LogP contribution in [0.15, 0.2) is 16.9 Å². The molecule has 0 amide bonds. The van der Waals surface area contributed by atoms with Crippen LogP contribution in [0.2, 0.25) is 0 Å². The van der Waals surface area contributed by atoms with Gasteiger partial charge < -0.3 is 32.4 Å². The highest BCUT2D eigenvalue weighted by Gasteiger charge is 2.19. The van der Waals surface area contributed by atoms with Crippen molar-refractivity contribution in [3.05, 3.63) is 12.3 Å². The molecule has 0 aliphatic heterocycles. The number of hydrogen-bond acceptors (Lipinski definition) is 8. The molecule has 1 aromatic heterocycles. The van der Waals surface area contributed by atoms with Crippen molar-refractivity contribution in [1.82, 2.24) is 5.16 Å². The molecule has 0 spiro atoms. The first kappa shape index (κ1) is 34.1. The van der Waals surface area contributed by atoms with Gasteiger partial charge in [0.1, 0.15) is 25.5 Å². The van der Waals surface area contributed by atoms with Crippen molar-refractivity contribution in [1.29, 1.82) is 0 Å². The molecule has 0 aromatic carbocycles. The SMILES string of the molecule is CCCCCCCCCCCCCCCCOCC(COP(=O)([O-])OCC[N+](C)(C)C)Oc1ccon1. The number of phosphoric ester groups is 1. The van der Waals surface area contributed by atoms with Crippen LogP contribution in [0, 0.1) is 0 Å². The third kappa shape index (κ3) is 21.6. The van der Waals surface area contributed by atoms with E-state index in [0.717, 1.165) is 12.8 Å². The second kappa shape index (κ2) is 20.9. The second-order valence-corrected chi connectivity index (χ2v) is 12.2. The third-order valence-electron chi connectivity index (χ3n) is 6.08. The molecule has 0 aliphatic rings. The molecule has 37 heavy (non-hydrogen) atoms. The number of likely N-dealkylation sites (N-methyl/N-ethyl adjacent to an activating group) is 1. The van der Waals surface area contributed by atoms with E-state index in [9.17, 15) is 9.46 Å². The Hall–Kier alpha value is -0.960. The minimum absolute atomic E-state index is 0.0503. The maximum Gasteiger partial charge on any atom is 0.268 e. The van der Waals surface area contributed by atoms with E-state index in [0.29, 0.717) is 17.6 Å². The zero-order valence-corrected chi connectivity index (χ0v) is 24.8. The topological polar surface area (TPSA) is 103 Å². The van der Waals surface area contributed by atoms with E-state index in [1.165, 1.54) is 83.3 Å². The van der Waals surface area contributed by atoms with Gasteiger partial charge in [-0.2, -0.15) is 0 Å². The lowest BCUT2D eigenvalue weighted by molar-refractivity contribution is -0.870. The van der Waals surface area contributed by atoms with Gasteiger partial charge >= 0.3 is 0 Å². The zero-order valence-electron chi connectivity index (χ0n) is 23.9. The smallest absolute Gasteiger partial charge is 0.268 e. The quantitative estimate of drug-likeness (QED) is 0.0774. The summed E-state index contributed by atoms with van der Waals surface area (Å²) in [7, 11) is 1.43. The lowest BCUT2D eigenvalue weighted by Crippen LogP contribution is -2.37. The largest absolute Gasteiger partial charge is 0.756 e. The van der Waals surface area contributed by atoms with Crippen LogP contribution in [0.4, 0.5) is 0 Å². The summed E-state index contributed by atoms with van der Waals surface area (Å²) < 4.78 is 38.9. The molecule has 1 heterocycles. The highest BCUT2D eigenvalue weighted by molar-refractivity contribution is 7.45. The van der Waals surface area contributed by atoms with Crippen molar-refractivity contribution >= 4 is 7.82 Å². The molecule has 2 unspecified atom stereocenters. The third-order valence-corrected chi connectivity index (χ3v) is 7.04. The van der Waals surface area contributed by atoms with Crippen molar-refractivity contribution in [3.8, 4) is 5.88 Å². The molecule has 0 saturated carbocycles. The van der Waals surface area contributed by atoms with Gasteiger partial charge in [-0.15, -0.1) is 0 Å². The van der Waals surface area contributed by atoms with Crippen LogP contribution in [0.1, 0.15) is 96.8 Å². The molecule has 1 aromatic rings. The Morgan fingerprint density at radius 1 is 0.865 bits per heavy atom. The van der Waals surface area contributed by atoms with Crippen molar-refractivity contribution in [3.63, 3.8) is 0 Å². The number of rotatable bonds is 26. The van der Waals surface area contributed by atoms with Crippen molar-refractivity contribution < 1.29 is 37.0 Å². The van der Waals surface area contributed by atoms with Gasteiger partial charge in [0, 0.05) is 12.7 Å². The standard InChI is InChI=1S/C27H53N2O7P/c1-5-6-7-8-9-10-11-12-13-14-15-16-17-18-21-32-24-26(36-27-19-22-33-28-27)25-35-37(30,31)34-23-20-29(2,3)4/h19,22,26H,5-18,20-21,23-25H2,1-4H3. The van der Waals surface area contributed by atoms with Crippen LogP contribution in [-0.2, 0) is 18.3 Å². The summed E-state index contributed by atoms with van der Waals surface area (Å²) >= 11 is 0. The predicted molar refractivity (Wildman–Crippen MR) is 144 cm³/mol. The van der Waals surface area contributed by atoms with Crippen molar-refractivity contribution in [2.75, 3.05) is 54.1 Å². The molecule has 9 nitrogen and oxygen atoms in total. The average Bonchev–Trinajstić information content (AvgIpc) is 3.34. The Labute approximate surface area is 225 Å². The molecule has 218 valence electrons. The number of unbranched alkanes of at least 4 members (excludes halogenated alkanes) is 13. The van der Waals surface area contributed by atoms with E-state index in [1.54, 1.807) is 6.07 Å². The molecule has 0 saturated heterocycles. The monoisotopic (exact) mass is 548 g/mol. The molecule has 1 rings (SSSR count). The van der Waals surface area contributed by atoms with E-state index in [1.807, 2.05) is 21.1 Å². The molecule has 2 atom stereocenters. The number of aromatic nitrogens is 1. The molecule has 0 radical (unpaired) electrons. The Morgan fingerprint density at radius 3 is 1.95 bits per heavy atom. The average molecular weight is 549 g/mol. The van der Waals surface area contributed by atoms with Gasteiger partial charge in [0.05, 0.1) is 34.4 Å². The van der Waals surface area contributed by atoms with Crippen LogP contribution in [0.5, 0.6) is 5.88 Å². The highest BCUT2D eigenvalue weighted by atomic mass is 31.2. The molecular formula is C27H53N2O7P. The highest BCUT2D eigenvalue weighted by Crippen LogP contribution is 2.38. The van der Waals surface area contributed by atoms with Crippen LogP contribution in [-0.4, -0.2) is 69.9 Å². The number of nitrogens with zero attached hydrogens (tertiary/aromatic N) is 2.